The Morgan fingerprint density at radius 3 is 2.72 bits per heavy atom. The Hall–Kier alpha value is -3.71. The quantitative estimate of drug-likeness (QED) is 0.286. The van der Waals surface area contributed by atoms with Crippen LogP contribution in [0, 0.1) is 0 Å². The average Bonchev–Trinajstić information content (AvgIpc) is 3.45. The summed E-state index contributed by atoms with van der Waals surface area (Å²) in [5.74, 6) is -0.182. The summed E-state index contributed by atoms with van der Waals surface area (Å²) in [6.07, 6.45) is -2.00. The standard InChI is InChI=1S/C26H26F3N5O4S/c1-33-20-8-5-15(21(36)9-10-23(37)34-11-3-2-4-16(34)14-35)12-19(20)30-24(33)32-25-31-18-7-6-17(13-22(18)39-25)38-26(27,28)29/h5-8,12-13,16,35H,2-4,9-11,14H2,1H3,(H,30,31,32). The molecule has 206 valence electrons. The predicted molar refractivity (Wildman–Crippen MR) is 140 cm³/mol. The number of imidazole rings is 1. The van der Waals surface area contributed by atoms with Crippen LogP contribution in [0.15, 0.2) is 36.4 Å². The van der Waals surface area contributed by atoms with E-state index in [0.717, 1.165) is 36.1 Å². The number of amides is 1. The van der Waals surface area contributed by atoms with E-state index in [1.807, 2.05) is 0 Å². The van der Waals surface area contributed by atoms with Gasteiger partial charge in [-0.2, -0.15) is 0 Å². The lowest BCUT2D eigenvalue weighted by atomic mass is 10.0. The van der Waals surface area contributed by atoms with Crippen LogP contribution in [0.1, 0.15) is 42.5 Å². The molecule has 5 rings (SSSR count). The number of fused-ring (bicyclic) bond motifs is 2. The number of alkyl halides is 3. The van der Waals surface area contributed by atoms with E-state index >= 15 is 0 Å². The maximum absolute atomic E-state index is 12.9. The zero-order valence-corrected chi connectivity index (χ0v) is 21.8. The maximum Gasteiger partial charge on any atom is 0.573 e. The van der Waals surface area contributed by atoms with Crippen molar-refractivity contribution in [1.29, 1.82) is 0 Å². The number of anilines is 2. The summed E-state index contributed by atoms with van der Waals surface area (Å²) >= 11 is 1.15. The van der Waals surface area contributed by atoms with E-state index in [4.69, 9.17) is 0 Å². The Morgan fingerprint density at radius 2 is 1.95 bits per heavy atom. The first kappa shape index (κ1) is 26.9. The number of benzene rings is 2. The fourth-order valence-corrected chi connectivity index (χ4v) is 5.65. The van der Waals surface area contributed by atoms with Gasteiger partial charge in [0.2, 0.25) is 11.9 Å². The number of halogens is 3. The summed E-state index contributed by atoms with van der Waals surface area (Å²) in [6, 6.07) is 8.89. The largest absolute Gasteiger partial charge is 0.573 e. The van der Waals surface area contributed by atoms with Gasteiger partial charge in [0.25, 0.3) is 0 Å². The topological polar surface area (TPSA) is 110 Å². The van der Waals surface area contributed by atoms with Gasteiger partial charge in [0, 0.05) is 38.1 Å². The van der Waals surface area contributed by atoms with Crippen LogP contribution in [0.2, 0.25) is 0 Å². The highest BCUT2D eigenvalue weighted by Crippen LogP contribution is 2.33. The number of ketones is 1. The molecule has 0 radical (unpaired) electrons. The number of hydrogen-bond acceptors (Lipinski definition) is 8. The molecular weight excluding hydrogens is 535 g/mol. The molecular formula is C26H26F3N5O4S. The number of rotatable bonds is 8. The van der Waals surface area contributed by atoms with E-state index in [1.165, 1.54) is 18.2 Å². The second-order valence-corrected chi connectivity index (χ2v) is 10.4. The summed E-state index contributed by atoms with van der Waals surface area (Å²) in [6.45, 7) is 0.530. The third-order valence-electron chi connectivity index (χ3n) is 6.74. The van der Waals surface area contributed by atoms with E-state index in [0.29, 0.717) is 38.9 Å². The third-order valence-corrected chi connectivity index (χ3v) is 7.67. The minimum Gasteiger partial charge on any atom is -0.406 e. The van der Waals surface area contributed by atoms with Crippen molar-refractivity contribution in [3.63, 3.8) is 0 Å². The Morgan fingerprint density at radius 1 is 1.13 bits per heavy atom. The van der Waals surface area contributed by atoms with E-state index in [9.17, 15) is 27.9 Å². The van der Waals surface area contributed by atoms with Gasteiger partial charge >= 0.3 is 6.36 Å². The van der Waals surface area contributed by atoms with Crippen LogP contribution in [0.5, 0.6) is 5.75 Å². The lowest BCUT2D eigenvalue weighted by molar-refractivity contribution is -0.274. The van der Waals surface area contributed by atoms with Gasteiger partial charge in [-0.05, 0) is 49.6 Å². The van der Waals surface area contributed by atoms with Crippen LogP contribution in [-0.2, 0) is 11.8 Å². The van der Waals surface area contributed by atoms with Gasteiger partial charge in [-0.3, -0.25) is 9.59 Å². The normalized spacial score (nSPS) is 16.1. The predicted octanol–water partition coefficient (Wildman–Crippen LogP) is 5.16. The molecule has 1 fully saturated rings. The van der Waals surface area contributed by atoms with Crippen LogP contribution >= 0.6 is 11.3 Å². The highest BCUT2D eigenvalue weighted by atomic mass is 32.1. The number of carbonyl (C=O) groups excluding carboxylic acids is 2. The van der Waals surface area contributed by atoms with Crippen LogP contribution < -0.4 is 10.1 Å². The summed E-state index contributed by atoms with van der Waals surface area (Å²) in [4.78, 5) is 36.2. The molecule has 0 aliphatic carbocycles. The molecule has 1 amide bonds. The number of aliphatic hydroxyl groups excluding tert-OH is 1. The molecule has 1 saturated heterocycles. The molecule has 2 aromatic carbocycles. The van der Waals surface area contributed by atoms with Crippen molar-refractivity contribution < 1.29 is 32.6 Å². The van der Waals surface area contributed by atoms with Crippen LogP contribution in [-0.4, -0.2) is 61.8 Å². The monoisotopic (exact) mass is 561 g/mol. The molecule has 1 aliphatic rings. The number of aromatic nitrogens is 3. The minimum atomic E-state index is -4.78. The van der Waals surface area contributed by atoms with Gasteiger partial charge in [-0.25, -0.2) is 9.97 Å². The maximum atomic E-state index is 12.9. The Kier molecular flexibility index (Phi) is 7.45. The Bertz CT molecular complexity index is 1530. The van der Waals surface area contributed by atoms with Crippen molar-refractivity contribution in [3.05, 3.63) is 42.0 Å². The molecule has 0 saturated carbocycles. The number of Topliss-reactive ketones (excluding diaryl/α,β-unsaturated/α-hetero) is 1. The van der Waals surface area contributed by atoms with E-state index in [2.05, 4.69) is 20.0 Å². The molecule has 0 bridgehead atoms. The van der Waals surface area contributed by atoms with Crippen LogP contribution in [0.25, 0.3) is 21.3 Å². The number of likely N-dealkylation sites (tertiary alicyclic amines) is 1. The first-order chi connectivity index (χ1) is 18.6. The molecule has 4 aromatic rings. The van der Waals surface area contributed by atoms with Gasteiger partial charge in [-0.1, -0.05) is 11.3 Å². The summed E-state index contributed by atoms with van der Waals surface area (Å²) < 4.78 is 43.9. The smallest absolute Gasteiger partial charge is 0.406 e. The zero-order chi connectivity index (χ0) is 27.7. The van der Waals surface area contributed by atoms with Crippen molar-refractivity contribution in [1.82, 2.24) is 19.4 Å². The number of ether oxygens (including phenoxy) is 1. The number of thiazole rings is 1. The molecule has 2 aromatic heterocycles. The first-order valence-electron chi connectivity index (χ1n) is 12.4. The molecule has 1 aliphatic heterocycles. The summed E-state index contributed by atoms with van der Waals surface area (Å²) in [7, 11) is 1.79. The first-order valence-corrected chi connectivity index (χ1v) is 13.3. The minimum absolute atomic E-state index is 0.0582. The highest BCUT2D eigenvalue weighted by Gasteiger charge is 2.31. The molecule has 1 atom stereocenters. The number of nitrogens with one attached hydrogen (secondary N) is 1. The zero-order valence-electron chi connectivity index (χ0n) is 21.0. The lowest BCUT2D eigenvalue weighted by Crippen LogP contribution is -2.45. The molecule has 1 unspecified atom stereocenters. The van der Waals surface area contributed by atoms with Crippen molar-refractivity contribution in [2.75, 3.05) is 18.5 Å². The van der Waals surface area contributed by atoms with Crippen molar-refractivity contribution >= 4 is 55.4 Å². The molecule has 0 spiro atoms. The highest BCUT2D eigenvalue weighted by molar-refractivity contribution is 7.22. The molecule has 9 nitrogen and oxygen atoms in total. The molecule has 3 heterocycles. The number of aryl methyl sites for hydroxylation is 1. The van der Waals surface area contributed by atoms with Crippen LogP contribution in [0.4, 0.5) is 24.3 Å². The van der Waals surface area contributed by atoms with Crippen molar-refractivity contribution in [3.8, 4) is 5.75 Å². The van der Waals surface area contributed by atoms with Gasteiger partial charge in [0.1, 0.15) is 5.75 Å². The Balaban J connectivity index is 1.28. The van der Waals surface area contributed by atoms with Crippen molar-refractivity contribution in [2.24, 2.45) is 7.05 Å². The second-order valence-electron chi connectivity index (χ2n) is 9.36. The van der Waals surface area contributed by atoms with Gasteiger partial charge in [-0.15, -0.1) is 13.2 Å². The lowest BCUT2D eigenvalue weighted by Gasteiger charge is -2.34. The fourth-order valence-electron chi connectivity index (χ4n) is 4.76. The SMILES string of the molecule is Cn1c(Nc2nc3ccc(OC(F)(F)F)cc3s2)nc2cc(C(=O)CCC(=O)N3CCCCC3CO)ccc21. The van der Waals surface area contributed by atoms with Gasteiger partial charge in [0.15, 0.2) is 10.9 Å². The molecule has 2 N–H and O–H groups in total. The Labute approximate surface area is 225 Å². The summed E-state index contributed by atoms with van der Waals surface area (Å²) in [5.41, 5.74) is 2.27. The van der Waals surface area contributed by atoms with Crippen LogP contribution in [0.3, 0.4) is 0 Å². The summed E-state index contributed by atoms with van der Waals surface area (Å²) in [5, 5.41) is 13.1. The van der Waals surface area contributed by atoms with Gasteiger partial charge < -0.3 is 24.6 Å². The second kappa shape index (κ2) is 10.8. The van der Waals surface area contributed by atoms with Gasteiger partial charge in [0.05, 0.1) is 33.9 Å². The number of aliphatic hydroxyl groups is 1. The van der Waals surface area contributed by atoms with E-state index < -0.39 is 6.36 Å². The fraction of sp³-hybridized carbons (Fsp3) is 0.385. The average molecular weight is 562 g/mol. The third kappa shape index (κ3) is 5.98. The number of piperidine rings is 1. The number of hydrogen-bond donors (Lipinski definition) is 2. The number of nitrogens with zero attached hydrogens (tertiary/aromatic N) is 4. The molecule has 39 heavy (non-hydrogen) atoms. The molecule has 13 heteroatoms. The van der Waals surface area contributed by atoms with E-state index in [1.54, 1.807) is 34.7 Å². The number of carbonyl (C=O) groups is 2. The van der Waals surface area contributed by atoms with Crippen molar-refractivity contribution in [2.45, 2.75) is 44.5 Å². The van der Waals surface area contributed by atoms with E-state index in [-0.39, 0.29) is 42.9 Å².